The molecule has 0 bridgehead atoms. The van der Waals surface area contributed by atoms with Crippen molar-refractivity contribution < 1.29 is 0 Å². The minimum atomic E-state index is 1.04. The number of fused-ring (bicyclic) bond motifs is 1. The number of hydrogen-bond donors (Lipinski definition) is 1. The van der Waals surface area contributed by atoms with Gasteiger partial charge in [0.05, 0.1) is 0 Å². The van der Waals surface area contributed by atoms with E-state index in [4.69, 9.17) is 0 Å². The van der Waals surface area contributed by atoms with E-state index in [0.717, 1.165) is 6.42 Å². The molecule has 1 nitrogen and oxygen atoms in total. The second-order valence-electron chi connectivity index (χ2n) is 2.84. The molecule has 0 aromatic carbocycles. The zero-order chi connectivity index (χ0) is 7.68. The number of nitrogens with one attached hydrogen (secondary N) is 1. The monoisotopic (exact) mass is 145 g/mol. The van der Waals surface area contributed by atoms with Gasteiger partial charge in [-0.15, -0.1) is 0 Å². The highest BCUT2D eigenvalue weighted by Gasteiger charge is 2.02. The van der Waals surface area contributed by atoms with Crippen LogP contribution in [0.4, 0.5) is 0 Å². The van der Waals surface area contributed by atoms with Crippen molar-refractivity contribution in [3.8, 4) is 0 Å². The quantitative estimate of drug-likeness (QED) is 0.577. The highest BCUT2D eigenvalue weighted by molar-refractivity contribution is 5.67. The molecule has 0 saturated heterocycles. The number of hydrogen-bond acceptors (Lipinski definition) is 0. The van der Waals surface area contributed by atoms with Crippen LogP contribution >= 0.6 is 0 Å². The molecule has 1 N–H and O–H groups in total. The number of aromatic nitrogens is 1. The van der Waals surface area contributed by atoms with Gasteiger partial charge in [0.15, 0.2) is 0 Å². The fourth-order valence-electron chi connectivity index (χ4n) is 1.36. The van der Waals surface area contributed by atoms with Crippen molar-refractivity contribution in [1.82, 2.24) is 4.98 Å². The molecule has 0 aliphatic heterocycles. The van der Waals surface area contributed by atoms with Crippen LogP contribution in [0.2, 0.25) is 0 Å². The Morgan fingerprint density at radius 2 is 2.09 bits per heavy atom. The smallest absolute Gasteiger partial charge is 0.0453 e. The van der Waals surface area contributed by atoms with Crippen LogP contribution in [-0.4, -0.2) is 4.98 Å². The summed E-state index contributed by atoms with van der Waals surface area (Å²) in [6, 6.07) is 0. The average molecular weight is 145 g/mol. The predicted molar refractivity (Wildman–Crippen MR) is 48.2 cm³/mol. The Balaban J connectivity index is 2.60. The van der Waals surface area contributed by atoms with E-state index in [2.05, 4.69) is 36.2 Å². The van der Waals surface area contributed by atoms with Crippen molar-refractivity contribution >= 4 is 12.2 Å². The highest BCUT2D eigenvalue weighted by atomic mass is 14.7. The molecule has 0 atom stereocenters. The lowest BCUT2D eigenvalue weighted by Gasteiger charge is -1.90. The molecule has 1 aromatic heterocycles. The third kappa shape index (κ3) is 1.03. The van der Waals surface area contributed by atoms with Gasteiger partial charge in [0.2, 0.25) is 0 Å². The molecule has 0 fully saturated rings. The summed E-state index contributed by atoms with van der Waals surface area (Å²) in [5.74, 6) is 0. The van der Waals surface area contributed by atoms with Crippen molar-refractivity contribution in [2.24, 2.45) is 0 Å². The summed E-state index contributed by atoms with van der Waals surface area (Å²) in [6.07, 6.45) is 11.8. The SMILES string of the molecule is Cc1c[nH]c2c1C=CCC=C2. The van der Waals surface area contributed by atoms with Crippen molar-refractivity contribution in [3.63, 3.8) is 0 Å². The van der Waals surface area contributed by atoms with E-state index < -0.39 is 0 Å². The van der Waals surface area contributed by atoms with E-state index in [1.165, 1.54) is 16.8 Å². The molecular weight excluding hydrogens is 134 g/mol. The van der Waals surface area contributed by atoms with E-state index in [1.807, 2.05) is 6.20 Å². The maximum atomic E-state index is 3.23. The second kappa shape index (κ2) is 2.42. The van der Waals surface area contributed by atoms with Crippen LogP contribution in [-0.2, 0) is 0 Å². The fraction of sp³-hybridized carbons (Fsp3) is 0.200. The van der Waals surface area contributed by atoms with Crippen LogP contribution in [0, 0.1) is 6.92 Å². The second-order valence-corrected chi connectivity index (χ2v) is 2.84. The molecular formula is C10H11N. The number of aryl methyl sites for hydroxylation is 1. The van der Waals surface area contributed by atoms with Crippen LogP contribution in [0.1, 0.15) is 23.2 Å². The zero-order valence-corrected chi connectivity index (χ0v) is 6.59. The van der Waals surface area contributed by atoms with E-state index >= 15 is 0 Å². The molecule has 11 heavy (non-hydrogen) atoms. The molecule has 1 heteroatoms. The third-order valence-electron chi connectivity index (χ3n) is 2.00. The standard InChI is InChI=1S/C10H11N/c1-8-7-11-10-6-4-2-3-5-9(8)10/h3-7,11H,2H2,1H3. The normalized spacial score (nSPS) is 14.6. The van der Waals surface area contributed by atoms with Gasteiger partial charge >= 0.3 is 0 Å². The molecule has 56 valence electrons. The van der Waals surface area contributed by atoms with Gasteiger partial charge in [-0.2, -0.15) is 0 Å². The van der Waals surface area contributed by atoms with Gasteiger partial charge < -0.3 is 4.98 Å². The van der Waals surface area contributed by atoms with E-state index in [9.17, 15) is 0 Å². The summed E-state index contributed by atoms with van der Waals surface area (Å²) in [5, 5.41) is 0. The number of rotatable bonds is 0. The molecule has 0 unspecified atom stereocenters. The molecule has 1 aliphatic carbocycles. The van der Waals surface area contributed by atoms with E-state index in [-0.39, 0.29) is 0 Å². The fourth-order valence-corrected chi connectivity index (χ4v) is 1.36. The molecule has 0 saturated carbocycles. The van der Waals surface area contributed by atoms with Crippen LogP contribution in [0.25, 0.3) is 12.2 Å². The van der Waals surface area contributed by atoms with Gasteiger partial charge in [-0.3, -0.25) is 0 Å². The van der Waals surface area contributed by atoms with Crippen molar-refractivity contribution in [2.75, 3.05) is 0 Å². The first-order valence-electron chi connectivity index (χ1n) is 3.89. The molecule has 0 amide bonds. The maximum absolute atomic E-state index is 3.23. The van der Waals surface area contributed by atoms with Gasteiger partial charge in [0.1, 0.15) is 0 Å². The Hall–Kier alpha value is -1.24. The molecule has 1 aromatic rings. The minimum Gasteiger partial charge on any atom is -0.361 e. The van der Waals surface area contributed by atoms with Crippen molar-refractivity contribution in [2.45, 2.75) is 13.3 Å². The predicted octanol–water partition coefficient (Wildman–Crippen LogP) is 2.75. The van der Waals surface area contributed by atoms with Gasteiger partial charge in [0, 0.05) is 17.5 Å². The topological polar surface area (TPSA) is 15.8 Å². The van der Waals surface area contributed by atoms with Crippen LogP contribution in [0.3, 0.4) is 0 Å². The van der Waals surface area contributed by atoms with Gasteiger partial charge in [0.25, 0.3) is 0 Å². The first kappa shape index (κ1) is 6.47. The average Bonchev–Trinajstić information content (AvgIpc) is 2.25. The third-order valence-corrected chi connectivity index (χ3v) is 2.00. The minimum absolute atomic E-state index is 1.04. The summed E-state index contributed by atoms with van der Waals surface area (Å²) >= 11 is 0. The highest BCUT2D eigenvalue weighted by Crippen LogP contribution is 2.19. The Morgan fingerprint density at radius 1 is 1.27 bits per heavy atom. The van der Waals surface area contributed by atoms with Gasteiger partial charge in [-0.25, -0.2) is 0 Å². The Labute approximate surface area is 66.4 Å². The van der Waals surface area contributed by atoms with Crippen molar-refractivity contribution in [3.05, 3.63) is 35.2 Å². The van der Waals surface area contributed by atoms with Crippen molar-refractivity contribution in [1.29, 1.82) is 0 Å². The van der Waals surface area contributed by atoms with E-state index in [0.29, 0.717) is 0 Å². The molecule has 2 rings (SSSR count). The Kier molecular flexibility index (Phi) is 1.42. The lowest BCUT2D eigenvalue weighted by Crippen LogP contribution is -1.74. The summed E-state index contributed by atoms with van der Waals surface area (Å²) in [6.45, 7) is 2.12. The number of aromatic amines is 1. The number of allylic oxidation sites excluding steroid dienone is 2. The molecule has 0 radical (unpaired) electrons. The summed E-state index contributed by atoms with van der Waals surface area (Å²) in [7, 11) is 0. The first-order valence-corrected chi connectivity index (χ1v) is 3.89. The van der Waals surface area contributed by atoms with Crippen LogP contribution in [0.5, 0.6) is 0 Å². The van der Waals surface area contributed by atoms with Crippen LogP contribution < -0.4 is 0 Å². The van der Waals surface area contributed by atoms with Gasteiger partial charge in [-0.1, -0.05) is 18.2 Å². The molecule has 0 spiro atoms. The van der Waals surface area contributed by atoms with Crippen LogP contribution in [0.15, 0.2) is 18.3 Å². The van der Waals surface area contributed by atoms with E-state index in [1.54, 1.807) is 0 Å². The Bertz CT molecular complexity index is 316. The molecule has 1 heterocycles. The Morgan fingerprint density at radius 3 is 3.00 bits per heavy atom. The van der Waals surface area contributed by atoms with Gasteiger partial charge in [-0.05, 0) is 25.0 Å². The molecule has 1 aliphatic rings. The lowest BCUT2D eigenvalue weighted by atomic mass is 10.1. The summed E-state index contributed by atoms with van der Waals surface area (Å²) < 4.78 is 0. The largest absolute Gasteiger partial charge is 0.361 e. The summed E-state index contributed by atoms with van der Waals surface area (Å²) in [5.41, 5.74) is 3.89. The summed E-state index contributed by atoms with van der Waals surface area (Å²) in [4.78, 5) is 3.23. The number of H-pyrrole nitrogens is 1. The first-order chi connectivity index (χ1) is 5.38. The maximum Gasteiger partial charge on any atom is 0.0453 e. The zero-order valence-electron chi connectivity index (χ0n) is 6.59. The lowest BCUT2D eigenvalue weighted by molar-refractivity contribution is 1.35.